The van der Waals surface area contributed by atoms with Gasteiger partial charge in [0, 0.05) is 5.70 Å². The Kier molecular flexibility index (Phi) is 2.83. The Morgan fingerprint density at radius 1 is 1.40 bits per heavy atom. The highest BCUT2D eigenvalue weighted by Crippen LogP contribution is 2.30. The van der Waals surface area contributed by atoms with Crippen LogP contribution in [-0.2, 0) is 4.79 Å². The Morgan fingerprint density at radius 2 is 2.00 bits per heavy atom. The third kappa shape index (κ3) is 2.83. The number of urea groups is 1. The number of nitrogens with one attached hydrogen (secondary N) is 1. The van der Waals surface area contributed by atoms with E-state index in [1.807, 2.05) is 5.32 Å². The highest BCUT2D eigenvalue weighted by atomic mass is 19.4. The highest BCUT2D eigenvalue weighted by molar-refractivity contribution is 5.95. The summed E-state index contributed by atoms with van der Waals surface area (Å²) in [7, 11) is 0. The molecule has 0 fully saturated rings. The number of amides is 2. The van der Waals surface area contributed by atoms with Crippen molar-refractivity contribution in [3.8, 4) is 0 Å². The van der Waals surface area contributed by atoms with Crippen LogP contribution in [-0.4, -0.2) is 18.0 Å². The summed E-state index contributed by atoms with van der Waals surface area (Å²) < 4.78 is 36.8. The minimum Gasteiger partial charge on any atom is -0.351 e. The Balaban J connectivity index is 2.90. The number of carbonyl (C=O) groups excluding carboxylic acids is 2. The lowest BCUT2D eigenvalue weighted by molar-refractivity contribution is -0.168. The molecule has 1 atom stereocenters. The number of carbonyl (C=O) groups is 2. The molecule has 0 aromatic rings. The molecule has 1 aliphatic carbocycles. The van der Waals surface area contributed by atoms with Crippen molar-refractivity contribution < 1.29 is 22.8 Å². The highest BCUT2D eigenvalue weighted by Gasteiger charge is 2.43. The third-order valence-corrected chi connectivity index (χ3v) is 1.70. The summed E-state index contributed by atoms with van der Waals surface area (Å²) in [6, 6.07) is -0.985. The molecule has 3 N–H and O–H groups in total. The number of hydrogen-bond donors (Lipinski definition) is 2. The molecular formula is C8H7F3N2O2. The molecule has 0 radical (unpaired) electrons. The monoisotopic (exact) mass is 220 g/mol. The number of hydrogen-bond acceptors (Lipinski definition) is 2. The quantitative estimate of drug-likeness (QED) is 0.687. The van der Waals surface area contributed by atoms with Crippen LogP contribution in [0.15, 0.2) is 23.9 Å². The number of alkyl halides is 3. The molecule has 0 spiro atoms. The van der Waals surface area contributed by atoms with Crippen molar-refractivity contribution in [1.82, 2.24) is 5.32 Å². The van der Waals surface area contributed by atoms with Crippen LogP contribution in [0.5, 0.6) is 0 Å². The molecule has 7 heteroatoms. The van der Waals surface area contributed by atoms with Crippen LogP contribution in [0.2, 0.25) is 0 Å². The maximum absolute atomic E-state index is 12.3. The van der Waals surface area contributed by atoms with E-state index >= 15 is 0 Å². The summed E-state index contributed by atoms with van der Waals surface area (Å²) >= 11 is 0. The van der Waals surface area contributed by atoms with Gasteiger partial charge in [0.15, 0.2) is 5.78 Å². The average molecular weight is 220 g/mol. The van der Waals surface area contributed by atoms with Gasteiger partial charge in [0.1, 0.15) is 5.92 Å². The normalized spacial score (nSPS) is 21.1. The molecule has 2 amide bonds. The Labute approximate surface area is 82.6 Å². The molecule has 0 bridgehead atoms. The molecule has 0 heterocycles. The third-order valence-electron chi connectivity index (χ3n) is 1.70. The summed E-state index contributed by atoms with van der Waals surface area (Å²) in [5, 5.41) is 1.97. The smallest absolute Gasteiger partial charge is 0.351 e. The molecule has 1 rings (SSSR count). The van der Waals surface area contributed by atoms with Gasteiger partial charge in [-0.05, 0) is 18.2 Å². The van der Waals surface area contributed by atoms with Gasteiger partial charge in [-0.1, -0.05) is 0 Å². The minimum absolute atomic E-state index is 0.135. The van der Waals surface area contributed by atoms with Gasteiger partial charge in [0.2, 0.25) is 0 Å². The van der Waals surface area contributed by atoms with Gasteiger partial charge in [0.25, 0.3) is 0 Å². The molecule has 0 saturated heterocycles. The molecular weight excluding hydrogens is 213 g/mol. The molecule has 0 aromatic heterocycles. The zero-order valence-corrected chi connectivity index (χ0v) is 7.34. The van der Waals surface area contributed by atoms with Crippen molar-refractivity contribution in [3.05, 3.63) is 23.9 Å². The van der Waals surface area contributed by atoms with Gasteiger partial charge in [-0.15, -0.1) is 0 Å². The van der Waals surface area contributed by atoms with Gasteiger partial charge in [-0.2, -0.15) is 13.2 Å². The van der Waals surface area contributed by atoms with E-state index in [4.69, 9.17) is 5.73 Å². The SMILES string of the molecule is NC(=O)NC1=CC(C(F)(F)F)C(=O)C=C1. The van der Waals surface area contributed by atoms with Gasteiger partial charge in [-0.3, -0.25) is 4.79 Å². The van der Waals surface area contributed by atoms with Crippen LogP contribution in [0.25, 0.3) is 0 Å². The van der Waals surface area contributed by atoms with Gasteiger partial charge in [0.05, 0.1) is 0 Å². The van der Waals surface area contributed by atoms with Gasteiger partial charge in [-0.25, -0.2) is 4.79 Å². The van der Waals surface area contributed by atoms with Crippen molar-refractivity contribution in [2.75, 3.05) is 0 Å². The first-order chi connectivity index (χ1) is 6.80. The molecule has 1 aliphatic rings. The van der Waals surface area contributed by atoms with Crippen LogP contribution in [0.3, 0.4) is 0 Å². The van der Waals surface area contributed by atoms with E-state index in [1.54, 1.807) is 0 Å². The lowest BCUT2D eigenvalue weighted by atomic mass is 9.97. The second-order valence-electron chi connectivity index (χ2n) is 2.87. The summed E-state index contributed by atoms with van der Waals surface area (Å²) in [4.78, 5) is 21.3. The molecule has 0 saturated carbocycles. The largest absolute Gasteiger partial charge is 0.402 e. The fourth-order valence-corrected chi connectivity index (χ4v) is 1.07. The van der Waals surface area contributed by atoms with Gasteiger partial charge < -0.3 is 11.1 Å². The first kappa shape index (κ1) is 11.3. The second kappa shape index (κ2) is 3.76. The summed E-state index contributed by atoms with van der Waals surface area (Å²) in [6.07, 6.45) is -2.22. The fraction of sp³-hybridized carbons (Fsp3) is 0.250. The molecule has 1 unspecified atom stereocenters. The molecule has 4 nitrogen and oxygen atoms in total. The Hall–Kier alpha value is -1.79. The maximum Gasteiger partial charge on any atom is 0.402 e. The Morgan fingerprint density at radius 3 is 2.47 bits per heavy atom. The number of allylic oxidation sites excluding steroid dienone is 3. The lowest BCUT2D eigenvalue weighted by Crippen LogP contribution is -2.34. The van der Waals surface area contributed by atoms with Crippen molar-refractivity contribution >= 4 is 11.8 Å². The van der Waals surface area contributed by atoms with E-state index in [0.29, 0.717) is 6.08 Å². The van der Waals surface area contributed by atoms with Crippen LogP contribution in [0.4, 0.5) is 18.0 Å². The zero-order chi connectivity index (χ0) is 11.6. The fourth-order valence-electron chi connectivity index (χ4n) is 1.07. The van der Waals surface area contributed by atoms with Crippen LogP contribution in [0, 0.1) is 5.92 Å². The van der Waals surface area contributed by atoms with Crippen molar-refractivity contribution in [2.45, 2.75) is 6.18 Å². The van der Waals surface area contributed by atoms with Crippen molar-refractivity contribution in [1.29, 1.82) is 0 Å². The van der Waals surface area contributed by atoms with Gasteiger partial charge >= 0.3 is 12.2 Å². The number of primary amides is 1. The molecule has 0 aliphatic heterocycles. The topological polar surface area (TPSA) is 72.2 Å². The number of nitrogens with two attached hydrogens (primary N) is 1. The second-order valence-corrected chi connectivity index (χ2v) is 2.87. The van der Waals surface area contributed by atoms with E-state index < -0.39 is 23.9 Å². The van der Waals surface area contributed by atoms with E-state index in [0.717, 1.165) is 12.2 Å². The summed E-state index contributed by atoms with van der Waals surface area (Å²) in [6.45, 7) is 0. The van der Waals surface area contributed by atoms with E-state index in [-0.39, 0.29) is 5.70 Å². The van der Waals surface area contributed by atoms with Crippen LogP contribution in [0.1, 0.15) is 0 Å². The van der Waals surface area contributed by atoms with Crippen LogP contribution >= 0.6 is 0 Å². The predicted molar refractivity (Wildman–Crippen MR) is 44.5 cm³/mol. The standard InChI is InChI=1S/C8H7F3N2O2/c9-8(10,11)5-3-4(13-7(12)15)1-2-6(5)14/h1-3,5H,(H3,12,13,15). The molecule has 15 heavy (non-hydrogen) atoms. The summed E-state index contributed by atoms with van der Waals surface area (Å²) in [5.74, 6) is -3.29. The first-order valence-electron chi connectivity index (χ1n) is 3.87. The van der Waals surface area contributed by atoms with Crippen molar-refractivity contribution in [2.24, 2.45) is 11.7 Å². The number of halogens is 3. The maximum atomic E-state index is 12.3. The van der Waals surface area contributed by atoms with E-state index in [2.05, 4.69) is 0 Å². The lowest BCUT2D eigenvalue weighted by Gasteiger charge is -2.18. The molecule has 0 aromatic carbocycles. The van der Waals surface area contributed by atoms with Crippen molar-refractivity contribution in [3.63, 3.8) is 0 Å². The van der Waals surface area contributed by atoms with E-state index in [1.165, 1.54) is 0 Å². The Bertz CT molecular complexity index is 357. The zero-order valence-electron chi connectivity index (χ0n) is 7.34. The van der Waals surface area contributed by atoms with E-state index in [9.17, 15) is 22.8 Å². The minimum atomic E-state index is -4.66. The molecule has 82 valence electrons. The summed E-state index contributed by atoms with van der Waals surface area (Å²) in [5.41, 5.74) is 4.59. The number of rotatable bonds is 1. The number of ketones is 1. The first-order valence-corrected chi connectivity index (χ1v) is 3.87. The predicted octanol–water partition coefficient (Wildman–Crippen LogP) is 0.856. The van der Waals surface area contributed by atoms with Crippen LogP contribution < -0.4 is 11.1 Å². The average Bonchev–Trinajstić information content (AvgIpc) is 2.05.